The molecule has 3 N–H and O–H groups in total. The summed E-state index contributed by atoms with van der Waals surface area (Å²) in [7, 11) is 0. The van der Waals surface area contributed by atoms with E-state index in [9.17, 15) is 5.11 Å². The van der Waals surface area contributed by atoms with Gasteiger partial charge in [0, 0.05) is 12.0 Å². The van der Waals surface area contributed by atoms with Crippen LogP contribution in [0.3, 0.4) is 0 Å². The van der Waals surface area contributed by atoms with Gasteiger partial charge in [0.25, 0.3) is 0 Å². The molecule has 1 aromatic carbocycles. The van der Waals surface area contributed by atoms with E-state index in [0.29, 0.717) is 6.54 Å². The number of aliphatic hydroxyl groups is 1. The predicted molar refractivity (Wildman–Crippen MR) is 70.0 cm³/mol. The van der Waals surface area contributed by atoms with Crippen molar-refractivity contribution in [2.45, 2.75) is 39.9 Å². The summed E-state index contributed by atoms with van der Waals surface area (Å²) in [6.07, 6.45) is -0.396. The van der Waals surface area contributed by atoms with Crippen LogP contribution in [0.15, 0.2) is 24.3 Å². The maximum Gasteiger partial charge on any atom is 0.119 e. The van der Waals surface area contributed by atoms with Gasteiger partial charge in [0.15, 0.2) is 0 Å². The molecule has 0 fully saturated rings. The molecule has 0 bridgehead atoms. The minimum Gasteiger partial charge on any atom is -0.491 e. The first kappa shape index (κ1) is 14.0. The molecule has 0 aliphatic carbocycles. The van der Waals surface area contributed by atoms with Crippen LogP contribution < -0.4 is 10.5 Å². The van der Waals surface area contributed by atoms with E-state index < -0.39 is 6.10 Å². The summed E-state index contributed by atoms with van der Waals surface area (Å²) in [5.74, 6) is 0.821. The van der Waals surface area contributed by atoms with Gasteiger partial charge in [0.1, 0.15) is 5.75 Å². The molecular formula is C14H23NO2. The number of hydrogen-bond acceptors (Lipinski definition) is 3. The van der Waals surface area contributed by atoms with Crippen molar-refractivity contribution in [1.29, 1.82) is 0 Å². The standard InChI is InChI=1S/C14H23NO2/c1-10(2)17-12-7-5-11(6-8-12)13(16)14(3,4)9-15/h5-8,10,13,16H,9,15H2,1-4H3. The lowest BCUT2D eigenvalue weighted by Crippen LogP contribution is -2.30. The molecule has 0 aliphatic rings. The Kier molecular flexibility index (Phi) is 4.54. The highest BCUT2D eigenvalue weighted by Gasteiger charge is 2.27. The first-order valence-electron chi connectivity index (χ1n) is 6.01. The first-order chi connectivity index (χ1) is 7.86. The molecule has 0 spiro atoms. The summed E-state index contributed by atoms with van der Waals surface area (Å²) in [6, 6.07) is 7.54. The molecule has 0 saturated heterocycles. The number of rotatable bonds is 5. The van der Waals surface area contributed by atoms with Crippen LogP contribution in [0, 0.1) is 5.41 Å². The van der Waals surface area contributed by atoms with Gasteiger partial charge in [-0.2, -0.15) is 0 Å². The second-order valence-electron chi connectivity index (χ2n) is 5.33. The normalized spacial score (nSPS) is 13.8. The summed E-state index contributed by atoms with van der Waals surface area (Å²) >= 11 is 0. The van der Waals surface area contributed by atoms with Crippen molar-refractivity contribution in [3.05, 3.63) is 29.8 Å². The van der Waals surface area contributed by atoms with E-state index in [1.165, 1.54) is 0 Å². The highest BCUT2D eigenvalue weighted by atomic mass is 16.5. The average molecular weight is 237 g/mol. The molecule has 1 atom stereocenters. The van der Waals surface area contributed by atoms with Crippen LogP contribution in [-0.2, 0) is 0 Å². The Hall–Kier alpha value is -1.06. The quantitative estimate of drug-likeness (QED) is 0.827. The van der Waals surface area contributed by atoms with E-state index in [1.807, 2.05) is 52.0 Å². The van der Waals surface area contributed by atoms with Crippen LogP contribution >= 0.6 is 0 Å². The lowest BCUT2D eigenvalue weighted by molar-refractivity contribution is 0.0554. The Morgan fingerprint density at radius 3 is 2.18 bits per heavy atom. The number of benzene rings is 1. The fraction of sp³-hybridized carbons (Fsp3) is 0.571. The molecule has 0 aliphatic heterocycles. The lowest BCUT2D eigenvalue weighted by Gasteiger charge is -2.29. The number of ether oxygens (including phenoxy) is 1. The molecule has 3 heteroatoms. The Morgan fingerprint density at radius 1 is 1.24 bits per heavy atom. The second kappa shape index (κ2) is 5.52. The van der Waals surface area contributed by atoms with Crippen molar-refractivity contribution in [3.8, 4) is 5.75 Å². The molecule has 0 saturated carbocycles. The highest BCUT2D eigenvalue weighted by Crippen LogP contribution is 2.32. The van der Waals surface area contributed by atoms with E-state index in [-0.39, 0.29) is 11.5 Å². The van der Waals surface area contributed by atoms with Crippen LogP contribution in [0.1, 0.15) is 39.4 Å². The maximum absolute atomic E-state index is 10.2. The van der Waals surface area contributed by atoms with Crippen molar-refractivity contribution in [2.24, 2.45) is 11.1 Å². The van der Waals surface area contributed by atoms with Crippen molar-refractivity contribution >= 4 is 0 Å². The minimum absolute atomic E-state index is 0.159. The average Bonchev–Trinajstić information content (AvgIpc) is 2.28. The molecule has 0 heterocycles. The summed E-state index contributed by atoms with van der Waals surface area (Å²) in [5.41, 5.74) is 6.21. The third-order valence-electron chi connectivity index (χ3n) is 2.83. The molecule has 0 amide bonds. The van der Waals surface area contributed by atoms with Crippen molar-refractivity contribution in [3.63, 3.8) is 0 Å². The highest BCUT2D eigenvalue weighted by molar-refractivity contribution is 5.29. The van der Waals surface area contributed by atoms with Crippen LogP contribution in [0.4, 0.5) is 0 Å². The summed E-state index contributed by atoms with van der Waals surface area (Å²) in [6.45, 7) is 8.32. The lowest BCUT2D eigenvalue weighted by atomic mass is 9.83. The fourth-order valence-corrected chi connectivity index (χ4v) is 1.56. The molecule has 1 rings (SSSR count). The molecule has 3 nitrogen and oxygen atoms in total. The predicted octanol–water partition coefficient (Wildman–Crippen LogP) is 2.49. The Morgan fingerprint density at radius 2 is 1.76 bits per heavy atom. The summed E-state index contributed by atoms with van der Waals surface area (Å²) in [4.78, 5) is 0. The van der Waals surface area contributed by atoms with Crippen molar-refractivity contribution in [2.75, 3.05) is 6.54 Å². The monoisotopic (exact) mass is 237 g/mol. The van der Waals surface area contributed by atoms with Crippen LogP contribution in [0.2, 0.25) is 0 Å². The topological polar surface area (TPSA) is 55.5 Å². The number of aliphatic hydroxyl groups excluding tert-OH is 1. The molecule has 1 unspecified atom stereocenters. The third-order valence-corrected chi connectivity index (χ3v) is 2.83. The number of nitrogens with two attached hydrogens (primary N) is 1. The van der Waals surface area contributed by atoms with E-state index in [4.69, 9.17) is 10.5 Å². The SMILES string of the molecule is CC(C)Oc1ccc(C(O)C(C)(C)CN)cc1. The fourth-order valence-electron chi connectivity index (χ4n) is 1.56. The zero-order valence-corrected chi connectivity index (χ0v) is 11.1. The van der Waals surface area contributed by atoms with Gasteiger partial charge in [0.2, 0.25) is 0 Å². The van der Waals surface area contributed by atoms with Gasteiger partial charge in [-0.3, -0.25) is 0 Å². The van der Waals surface area contributed by atoms with E-state index in [2.05, 4.69) is 0 Å². The third kappa shape index (κ3) is 3.72. The smallest absolute Gasteiger partial charge is 0.119 e. The molecular weight excluding hydrogens is 214 g/mol. The van der Waals surface area contributed by atoms with Crippen molar-refractivity contribution in [1.82, 2.24) is 0 Å². The van der Waals surface area contributed by atoms with E-state index in [1.54, 1.807) is 0 Å². The zero-order valence-electron chi connectivity index (χ0n) is 11.1. The first-order valence-corrected chi connectivity index (χ1v) is 6.01. The Balaban J connectivity index is 2.80. The van der Waals surface area contributed by atoms with Gasteiger partial charge in [-0.1, -0.05) is 26.0 Å². The second-order valence-corrected chi connectivity index (χ2v) is 5.33. The Bertz CT molecular complexity index is 344. The largest absolute Gasteiger partial charge is 0.491 e. The van der Waals surface area contributed by atoms with Crippen LogP contribution in [0.25, 0.3) is 0 Å². The van der Waals surface area contributed by atoms with Gasteiger partial charge in [-0.15, -0.1) is 0 Å². The molecule has 96 valence electrons. The summed E-state index contributed by atoms with van der Waals surface area (Å²) in [5, 5.41) is 10.2. The van der Waals surface area contributed by atoms with Crippen LogP contribution in [0.5, 0.6) is 5.75 Å². The molecule has 0 radical (unpaired) electrons. The molecule has 17 heavy (non-hydrogen) atoms. The van der Waals surface area contributed by atoms with Gasteiger partial charge < -0.3 is 15.6 Å². The van der Waals surface area contributed by atoms with E-state index >= 15 is 0 Å². The van der Waals surface area contributed by atoms with Gasteiger partial charge in [-0.25, -0.2) is 0 Å². The minimum atomic E-state index is -0.555. The van der Waals surface area contributed by atoms with Crippen LogP contribution in [-0.4, -0.2) is 17.8 Å². The van der Waals surface area contributed by atoms with Gasteiger partial charge >= 0.3 is 0 Å². The Labute approximate surface area is 104 Å². The van der Waals surface area contributed by atoms with Gasteiger partial charge in [-0.05, 0) is 31.5 Å². The molecule has 1 aromatic rings. The van der Waals surface area contributed by atoms with Gasteiger partial charge in [0.05, 0.1) is 12.2 Å². The number of hydrogen-bond donors (Lipinski definition) is 2. The van der Waals surface area contributed by atoms with E-state index in [0.717, 1.165) is 11.3 Å². The van der Waals surface area contributed by atoms with Crippen molar-refractivity contribution < 1.29 is 9.84 Å². The summed E-state index contributed by atoms with van der Waals surface area (Å²) < 4.78 is 5.55. The molecule has 0 aromatic heterocycles. The zero-order chi connectivity index (χ0) is 13.1. The maximum atomic E-state index is 10.2.